The van der Waals surface area contributed by atoms with Crippen molar-refractivity contribution >= 4 is 11.7 Å². The summed E-state index contributed by atoms with van der Waals surface area (Å²) < 4.78 is 25.4. The zero-order valence-electron chi connectivity index (χ0n) is 18.8. The maximum absolute atomic E-state index is 14.7. The maximum atomic E-state index is 14.7. The Kier molecular flexibility index (Phi) is 7.41. The van der Waals surface area contributed by atoms with Crippen molar-refractivity contribution in [2.45, 2.75) is 38.8 Å². The molecule has 0 unspecified atom stereocenters. The molecule has 0 radical (unpaired) electrons. The Morgan fingerprint density at radius 2 is 1.50 bits per heavy atom. The van der Waals surface area contributed by atoms with Gasteiger partial charge in [0.05, 0.1) is 12.8 Å². The molecule has 0 fully saturated rings. The first-order valence-corrected chi connectivity index (χ1v) is 10.5. The third kappa shape index (κ3) is 6.27. The Bertz CT molecular complexity index is 1030. The van der Waals surface area contributed by atoms with Crippen molar-refractivity contribution in [3.8, 4) is 5.75 Å². The van der Waals surface area contributed by atoms with E-state index in [4.69, 9.17) is 14.5 Å². The van der Waals surface area contributed by atoms with Crippen LogP contribution in [0, 0.1) is 5.82 Å². The van der Waals surface area contributed by atoms with Crippen molar-refractivity contribution in [1.82, 2.24) is 0 Å². The van der Waals surface area contributed by atoms with E-state index in [1.165, 1.54) is 13.2 Å². The van der Waals surface area contributed by atoms with Crippen LogP contribution in [0.1, 0.15) is 37.5 Å². The fraction of sp³-hybridized carbons (Fsp3) is 0.259. The highest BCUT2D eigenvalue weighted by Crippen LogP contribution is 2.21. The third-order valence-electron chi connectivity index (χ3n) is 4.73. The van der Waals surface area contributed by atoms with Crippen LogP contribution >= 0.6 is 0 Å². The number of halogens is 1. The van der Waals surface area contributed by atoms with Gasteiger partial charge in [0, 0.05) is 23.6 Å². The van der Waals surface area contributed by atoms with E-state index >= 15 is 0 Å². The van der Waals surface area contributed by atoms with E-state index in [9.17, 15) is 9.18 Å². The van der Waals surface area contributed by atoms with Gasteiger partial charge in [0.25, 0.3) is 0 Å². The monoisotopic (exact) mass is 433 g/mol. The molecule has 0 saturated carbocycles. The van der Waals surface area contributed by atoms with Crippen molar-refractivity contribution in [2.24, 2.45) is 4.99 Å². The van der Waals surface area contributed by atoms with Crippen LogP contribution in [0.2, 0.25) is 0 Å². The number of benzene rings is 3. The minimum Gasteiger partial charge on any atom is -0.497 e. The zero-order chi connectivity index (χ0) is 23.1. The summed E-state index contributed by atoms with van der Waals surface area (Å²) in [6.07, 6.45) is 0.0634. The predicted molar refractivity (Wildman–Crippen MR) is 125 cm³/mol. The van der Waals surface area contributed by atoms with Crippen molar-refractivity contribution in [1.29, 1.82) is 0 Å². The van der Waals surface area contributed by atoms with Gasteiger partial charge >= 0.3 is 5.97 Å². The number of rotatable bonds is 7. The summed E-state index contributed by atoms with van der Waals surface area (Å²) >= 11 is 0. The Morgan fingerprint density at radius 1 is 0.938 bits per heavy atom. The zero-order valence-corrected chi connectivity index (χ0v) is 18.8. The molecule has 3 aromatic carbocycles. The van der Waals surface area contributed by atoms with E-state index in [1.54, 1.807) is 32.9 Å². The summed E-state index contributed by atoms with van der Waals surface area (Å²) in [6, 6.07) is 22.9. The van der Waals surface area contributed by atoms with E-state index < -0.39 is 23.4 Å². The highest BCUT2D eigenvalue weighted by atomic mass is 19.1. The van der Waals surface area contributed by atoms with Crippen molar-refractivity contribution in [3.63, 3.8) is 0 Å². The summed E-state index contributed by atoms with van der Waals surface area (Å²) in [5, 5.41) is 0. The van der Waals surface area contributed by atoms with E-state index in [2.05, 4.69) is 0 Å². The minimum absolute atomic E-state index is 0.0634. The van der Waals surface area contributed by atoms with Gasteiger partial charge in [0.2, 0.25) is 0 Å². The molecule has 32 heavy (non-hydrogen) atoms. The van der Waals surface area contributed by atoms with Crippen molar-refractivity contribution in [3.05, 3.63) is 101 Å². The molecule has 0 saturated heterocycles. The second kappa shape index (κ2) is 10.2. The molecule has 0 aliphatic carbocycles. The van der Waals surface area contributed by atoms with Crippen LogP contribution in [-0.2, 0) is 16.0 Å². The molecule has 0 N–H and O–H groups in total. The van der Waals surface area contributed by atoms with Crippen LogP contribution < -0.4 is 4.74 Å². The molecule has 0 aliphatic rings. The van der Waals surface area contributed by atoms with Gasteiger partial charge in [-0.1, -0.05) is 66.7 Å². The fourth-order valence-electron chi connectivity index (χ4n) is 3.24. The number of esters is 1. The number of methoxy groups -OCH3 is 1. The molecular weight excluding hydrogens is 405 g/mol. The van der Waals surface area contributed by atoms with Crippen molar-refractivity contribution < 1.29 is 18.7 Å². The molecule has 1 atom stereocenters. The molecule has 0 bridgehead atoms. The molecule has 0 spiro atoms. The molecule has 4 nitrogen and oxygen atoms in total. The first-order valence-electron chi connectivity index (χ1n) is 10.5. The smallest absolute Gasteiger partial charge is 0.331 e. The number of aliphatic imine (C=N–C) groups is 1. The van der Waals surface area contributed by atoms with Gasteiger partial charge in [0.1, 0.15) is 17.2 Å². The number of nitrogens with zero attached hydrogens (tertiary/aromatic N) is 1. The molecule has 3 rings (SSSR count). The molecule has 0 amide bonds. The van der Waals surface area contributed by atoms with Gasteiger partial charge in [-0.25, -0.2) is 9.18 Å². The quantitative estimate of drug-likeness (QED) is 0.359. The van der Waals surface area contributed by atoms with Crippen LogP contribution in [0.5, 0.6) is 5.75 Å². The van der Waals surface area contributed by atoms with E-state index in [0.29, 0.717) is 17.0 Å². The summed E-state index contributed by atoms with van der Waals surface area (Å²) in [4.78, 5) is 17.9. The molecular formula is C27H28FNO3. The van der Waals surface area contributed by atoms with Crippen molar-refractivity contribution in [2.75, 3.05) is 7.11 Å². The molecule has 0 aliphatic heterocycles. The van der Waals surface area contributed by atoms with Crippen LogP contribution in [-0.4, -0.2) is 30.4 Å². The lowest BCUT2D eigenvalue weighted by molar-refractivity contribution is -0.156. The topological polar surface area (TPSA) is 47.9 Å². The van der Waals surface area contributed by atoms with Crippen LogP contribution in [0.25, 0.3) is 0 Å². The first-order chi connectivity index (χ1) is 15.3. The minimum atomic E-state index is -0.924. The second-order valence-corrected chi connectivity index (χ2v) is 8.42. The molecule has 3 aromatic rings. The maximum Gasteiger partial charge on any atom is 0.331 e. The Hall–Kier alpha value is -3.47. The van der Waals surface area contributed by atoms with Gasteiger partial charge in [0.15, 0.2) is 6.04 Å². The summed E-state index contributed by atoms with van der Waals surface area (Å²) in [6.45, 7) is 5.40. The SMILES string of the molecule is COc1ccc(C[C@H](N=C(c2ccccc2)c2ccccc2)C(=O)OC(C)(C)C)c(F)c1. The normalized spacial score (nSPS) is 12.0. The molecule has 0 aromatic heterocycles. The van der Waals surface area contributed by atoms with E-state index in [1.807, 2.05) is 60.7 Å². The van der Waals surface area contributed by atoms with E-state index in [0.717, 1.165) is 11.1 Å². The average molecular weight is 434 g/mol. The van der Waals surface area contributed by atoms with Crippen LogP contribution in [0.15, 0.2) is 83.9 Å². The largest absolute Gasteiger partial charge is 0.497 e. The van der Waals surface area contributed by atoms with Gasteiger partial charge in [-0.15, -0.1) is 0 Å². The fourth-order valence-corrected chi connectivity index (χ4v) is 3.24. The number of hydrogen-bond acceptors (Lipinski definition) is 4. The summed E-state index contributed by atoms with van der Waals surface area (Å²) in [5.74, 6) is -0.538. The third-order valence-corrected chi connectivity index (χ3v) is 4.73. The molecule has 166 valence electrons. The summed E-state index contributed by atoms with van der Waals surface area (Å²) in [7, 11) is 1.48. The Balaban J connectivity index is 2.07. The predicted octanol–water partition coefficient (Wildman–Crippen LogP) is 5.62. The lowest BCUT2D eigenvalue weighted by atomic mass is 10.0. The number of carbonyl (C=O) groups excluding carboxylic acids is 1. The number of ether oxygens (including phenoxy) is 2. The lowest BCUT2D eigenvalue weighted by Crippen LogP contribution is -2.33. The van der Waals surface area contributed by atoms with E-state index in [-0.39, 0.29) is 6.42 Å². The van der Waals surface area contributed by atoms with Gasteiger partial charge < -0.3 is 9.47 Å². The Morgan fingerprint density at radius 3 is 1.97 bits per heavy atom. The Labute approximate surface area is 188 Å². The summed E-state index contributed by atoms with van der Waals surface area (Å²) in [5.41, 5.74) is 2.05. The van der Waals surface area contributed by atoms with Gasteiger partial charge in [-0.2, -0.15) is 0 Å². The van der Waals surface area contributed by atoms with Gasteiger partial charge in [-0.3, -0.25) is 4.99 Å². The van der Waals surface area contributed by atoms with Crippen LogP contribution in [0.4, 0.5) is 4.39 Å². The van der Waals surface area contributed by atoms with Gasteiger partial charge in [-0.05, 0) is 32.4 Å². The second-order valence-electron chi connectivity index (χ2n) is 8.42. The molecule has 0 heterocycles. The first kappa shape index (κ1) is 23.2. The molecule has 5 heteroatoms. The lowest BCUT2D eigenvalue weighted by Gasteiger charge is -2.23. The highest BCUT2D eigenvalue weighted by Gasteiger charge is 2.27. The highest BCUT2D eigenvalue weighted by molar-refractivity contribution is 6.13. The average Bonchev–Trinajstić information content (AvgIpc) is 2.77. The number of carbonyl (C=O) groups is 1. The standard InChI is InChI=1S/C27H28FNO3/c1-27(2,3)32-26(30)24(17-21-15-16-22(31-4)18-23(21)28)29-25(19-11-7-5-8-12-19)20-13-9-6-10-14-20/h5-16,18,24H,17H2,1-4H3/t24-/m0/s1. The van der Waals surface area contributed by atoms with Crippen LogP contribution in [0.3, 0.4) is 0 Å². The number of hydrogen-bond donors (Lipinski definition) is 0.